The second-order valence-corrected chi connectivity index (χ2v) is 9.06. The van der Waals surface area contributed by atoms with Crippen LogP contribution in [-0.2, 0) is 6.54 Å². The van der Waals surface area contributed by atoms with Gasteiger partial charge in [-0.15, -0.1) is 11.3 Å². The summed E-state index contributed by atoms with van der Waals surface area (Å²) in [7, 11) is 0. The van der Waals surface area contributed by atoms with Crippen LogP contribution < -0.4 is 16.4 Å². The van der Waals surface area contributed by atoms with Crippen LogP contribution in [0, 0.1) is 0 Å². The normalized spacial score (nSPS) is 15.7. The molecule has 1 fully saturated rings. The Kier molecular flexibility index (Phi) is 4.13. The Morgan fingerprint density at radius 3 is 2.23 bits per heavy atom. The molecule has 30 heavy (non-hydrogen) atoms. The largest absolute Gasteiger partial charge is 0.314 e. The Labute approximate surface area is 176 Å². The molecule has 3 heterocycles. The van der Waals surface area contributed by atoms with Crippen molar-refractivity contribution in [2.75, 3.05) is 32.7 Å². The number of pyridine rings is 1. The second-order valence-electron chi connectivity index (χ2n) is 7.97. The minimum atomic E-state index is -0.171. The number of piperazine rings is 1. The van der Waals surface area contributed by atoms with Crippen LogP contribution in [0.5, 0.6) is 0 Å². The van der Waals surface area contributed by atoms with Gasteiger partial charge in [0.15, 0.2) is 0 Å². The predicted octanol–water partition coefficient (Wildman–Crippen LogP) is 3.23. The van der Waals surface area contributed by atoms with E-state index in [9.17, 15) is 9.59 Å². The molecule has 2 aromatic heterocycles. The maximum atomic E-state index is 13.3. The Balaban J connectivity index is 1.60. The van der Waals surface area contributed by atoms with Crippen molar-refractivity contribution >= 4 is 53.1 Å². The van der Waals surface area contributed by atoms with E-state index in [0.29, 0.717) is 17.3 Å². The molecule has 3 aromatic carbocycles. The number of nitrogens with one attached hydrogen (secondary N) is 1. The summed E-state index contributed by atoms with van der Waals surface area (Å²) >= 11 is 1.71. The van der Waals surface area contributed by atoms with Gasteiger partial charge >= 0.3 is 0 Å². The van der Waals surface area contributed by atoms with Crippen LogP contribution in [-0.4, -0.2) is 42.2 Å². The van der Waals surface area contributed by atoms with E-state index in [2.05, 4.69) is 22.3 Å². The predicted molar refractivity (Wildman–Crippen MR) is 125 cm³/mol. The van der Waals surface area contributed by atoms with Gasteiger partial charge in [0.2, 0.25) is 0 Å². The van der Waals surface area contributed by atoms with E-state index in [1.54, 1.807) is 11.3 Å². The smallest absolute Gasteiger partial charge is 0.261 e. The molecule has 5 aromatic rings. The molecule has 5 nitrogen and oxygen atoms in total. The van der Waals surface area contributed by atoms with Gasteiger partial charge in [-0.05, 0) is 35.0 Å². The molecule has 0 bridgehead atoms. The molecule has 6 heteroatoms. The zero-order valence-electron chi connectivity index (χ0n) is 16.5. The molecule has 1 saturated heterocycles. The van der Waals surface area contributed by atoms with Crippen LogP contribution in [0.2, 0.25) is 0 Å². The molecule has 0 amide bonds. The molecular formula is C24H21N3O2S. The number of fused-ring (bicyclic) bond motifs is 2. The summed E-state index contributed by atoms with van der Waals surface area (Å²) in [6.07, 6.45) is 0. The van der Waals surface area contributed by atoms with Gasteiger partial charge in [0.05, 0.1) is 0 Å². The van der Waals surface area contributed by atoms with Crippen molar-refractivity contribution in [1.29, 1.82) is 0 Å². The van der Waals surface area contributed by atoms with Gasteiger partial charge < -0.3 is 5.32 Å². The third kappa shape index (κ3) is 2.61. The average Bonchev–Trinajstić information content (AvgIpc) is 2.79. The Morgan fingerprint density at radius 2 is 1.43 bits per heavy atom. The summed E-state index contributed by atoms with van der Waals surface area (Å²) in [6, 6.07) is 16.2. The lowest BCUT2D eigenvalue weighted by atomic mass is 9.98. The molecule has 0 saturated carbocycles. The monoisotopic (exact) mass is 415 g/mol. The molecular weight excluding hydrogens is 394 g/mol. The van der Waals surface area contributed by atoms with E-state index in [4.69, 9.17) is 0 Å². The quantitative estimate of drug-likeness (QED) is 0.363. The lowest BCUT2D eigenvalue weighted by molar-refractivity contribution is 0.231. The lowest BCUT2D eigenvalue weighted by Gasteiger charge is -2.27. The van der Waals surface area contributed by atoms with Gasteiger partial charge in [0, 0.05) is 70.2 Å². The zero-order chi connectivity index (χ0) is 20.2. The average molecular weight is 416 g/mol. The highest BCUT2D eigenvalue weighted by Gasteiger charge is 2.18. The minimum Gasteiger partial charge on any atom is -0.314 e. The molecule has 1 aliphatic rings. The summed E-state index contributed by atoms with van der Waals surface area (Å²) in [6.45, 7) is 4.96. The first kappa shape index (κ1) is 18.0. The highest BCUT2D eigenvalue weighted by atomic mass is 32.1. The first-order chi connectivity index (χ1) is 14.7. The van der Waals surface area contributed by atoms with Gasteiger partial charge in [-0.1, -0.05) is 24.3 Å². The van der Waals surface area contributed by atoms with E-state index in [1.165, 1.54) is 14.7 Å². The van der Waals surface area contributed by atoms with Crippen LogP contribution in [0.15, 0.2) is 58.1 Å². The van der Waals surface area contributed by atoms with Crippen molar-refractivity contribution in [2.45, 2.75) is 6.54 Å². The van der Waals surface area contributed by atoms with Gasteiger partial charge in [-0.25, -0.2) is 0 Å². The molecule has 150 valence electrons. The molecule has 0 unspecified atom stereocenters. The van der Waals surface area contributed by atoms with E-state index >= 15 is 0 Å². The summed E-state index contributed by atoms with van der Waals surface area (Å²) in [4.78, 5) is 29.0. The van der Waals surface area contributed by atoms with Gasteiger partial charge in [-0.3, -0.25) is 19.1 Å². The van der Waals surface area contributed by atoms with Gasteiger partial charge in [0.25, 0.3) is 11.1 Å². The SMILES string of the molecule is O=c1c2ccc3sc4ccccc4c4ccc(c(=O)n1CCN1CCNCC1)c2c34. The first-order valence-corrected chi connectivity index (χ1v) is 11.2. The third-order valence-corrected chi connectivity index (χ3v) is 7.46. The van der Waals surface area contributed by atoms with Crippen molar-refractivity contribution in [3.8, 4) is 0 Å². The second kappa shape index (κ2) is 6.87. The van der Waals surface area contributed by atoms with Crippen molar-refractivity contribution in [3.05, 3.63) is 69.2 Å². The maximum absolute atomic E-state index is 13.3. The molecule has 0 atom stereocenters. The van der Waals surface area contributed by atoms with Crippen molar-refractivity contribution in [2.24, 2.45) is 0 Å². The molecule has 6 rings (SSSR count). The van der Waals surface area contributed by atoms with Gasteiger partial charge in [0.1, 0.15) is 0 Å². The summed E-state index contributed by atoms with van der Waals surface area (Å²) < 4.78 is 3.75. The number of hydrogen-bond acceptors (Lipinski definition) is 5. The Hall–Kier alpha value is -2.80. The fraction of sp³-hybridized carbons (Fsp3) is 0.250. The molecule has 0 aliphatic carbocycles. The highest BCUT2D eigenvalue weighted by molar-refractivity contribution is 7.25. The van der Waals surface area contributed by atoms with Gasteiger partial charge in [-0.2, -0.15) is 0 Å². The number of hydrogen-bond donors (Lipinski definition) is 1. The summed E-state index contributed by atoms with van der Waals surface area (Å²) in [5.41, 5.74) is -0.342. The zero-order valence-corrected chi connectivity index (χ0v) is 17.3. The Bertz CT molecular complexity index is 1500. The fourth-order valence-corrected chi connectivity index (χ4v) is 5.91. The molecule has 1 aliphatic heterocycles. The molecule has 0 radical (unpaired) electrons. The van der Waals surface area contributed by atoms with E-state index in [1.807, 2.05) is 36.4 Å². The minimum absolute atomic E-state index is 0.171. The molecule has 1 N–H and O–H groups in total. The maximum Gasteiger partial charge on any atom is 0.261 e. The van der Waals surface area contributed by atoms with Crippen LogP contribution in [0.3, 0.4) is 0 Å². The van der Waals surface area contributed by atoms with E-state index in [-0.39, 0.29) is 11.1 Å². The van der Waals surface area contributed by atoms with Crippen LogP contribution in [0.4, 0.5) is 0 Å². The van der Waals surface area contributed by atoms with Crippen molar-refractivity contribution in [3.63, 3.8) is 0 Å². The third-order valence-electron chi connectivity index (χ3n) is 6.32. The summed E-state index contributed by atoms with van der Waals surface area (Å²) in [5.74, 6) is 0. The standard InChI is InChI=1S/C24H21N3O2S/c28-23-17-6-5-16-15-3-1-2-4-19(15)30-20-8-7-18(21(17)22(16)20)24(29)27(23)14-13-26-11-9-25-10-12-26/h1-8,25H,9-14H2. The number of benzene rings is 3. The fourth-order valence-electron chi connectivity index (χ4n) is 4.79. The van der Waals surface area contributed by atoms with E-state index < -0.39 is 0 Å². The van der Waals surface area contributed by atoms with Crippen LogP contribution in [0.25, 0.3) is 41.7 Å². The molecule has 0 spiro atoms. The number of aromatic nitrogens is 1. The van der Waals surface area contributed by atoms with Crippen LogP contribution >= 0.6 is 11.3 Å². The van der Waals surface area contributed by atoms with E-state index in [0.717, 1.165) is 53.6 Å². The number of nitrogens with zero attached hydrogens (tertiary/aromatic N) is 2. The Morgan fingerprint density at radius 1 is 0.733 bits per heavy atom. The summed E-state index contributed by atoms with van der Waals surface area (Å²) in [5, 5.41) is 8.75. The topological polar surface area (TPSA) is 54.3 Å². The lowest BCUT2D eigenvalue weighted by Crippen LogP contribution is -2.46. The highest BCUT2D eigenvalue weighted by Crippen LogP contribution is 2.39. The van der Waals surface area contributed by atoms with Crippen molar-refractivity contribution in [1.82, 2.24) is 14.8 Å². The number of rotatable bonds is 3. The van der Waals surface area contributed by atoms with Crippen molar-refractivity contribution < 1.29 is 0 Å². The van der Waals surface area contributed by atoms with Crippen LogP contribution in [0.1, 0.15) is 0 Å². The first-order valence-electron chi connectivity index (χ1n) is 10.4.